The number of anilines is 1. The van der Waals surface area contributed by atoms with Gasteiger partial charge in [0.2, 0.25) is 5.91 Å². The molecule has 0 aliphatic rings. The molecule has 1 unspecified atom stereocenters. The molecule has 0 fully saturated rings. The zero-order chi connectivity index (χ0) is 14.4. The Bertz CT molecular complexity index is 413. The number of nitrogens with two attached hydrogens (primary N) is 1. The Morgan fingerprint density at radius 3 is 2.47 bits per heavy atom. The largest absolute Gasteiger partial charge is 0.330 e. The van der Waals surface area contributed by atoms with Crippen LogP contribution in [0.2, 0.25) is 0 Å². The first-order valence-corrected chi connectivity index (χ1v) is 7.05. The Labute approximate surface area is 116 Å². The van der Waals surface area contributed by atoms with Gasteiger partial charge in [0, 0.05) is 12.2 Å². The fourth-order valence-corrected chi connectivity index (χ4v) is 2.10. The van der Waals surface area contributed by atoms with Gasteiger partial charge in [0.25, 0.3) is 0 Å². The summed E-state index contributed by atoms with van der Waals surface area (Å²) in [6.07, 6.45) is 0.826. The maximum atomic E-state index is 12.2. The SMILES string of the molecule is CC(C)CC(CN)C(=O)Nc1cccc(C(C)C)c1. The van der Waals surface area contributed by atoms with Crippen LogP contribution in [0.5, 0.6) is 0 Å². The van der Waals surface area contributed by atoms with E-state index in [1.165, 1.54) is 5.56 Å². The molecule has 0 spiro atoms. The van der Waals surface area contributed by atoms with Crippen molar-refractivity contribution in [1.29, 1.82) is 0 Å². The number of carbonyl (C=O) groups excluding carboxylic acids is 1. The van der Waals surface area contributed by atoms with Crippen molar-refractivity contribution in [3.63, 3.8) is 0 Å². The Morgan fingerprint density at radius 1 is 1.26 bits per heavy atom. The van der Waals surface area contributed by atoms with Gasteiger partial charge in [0.1, 0.15) is 0 Å². The van der Waals surface area contributed by atoms with Gasteiger partial charge in [-0.1, -0.05) is 39.8 Å². The lowest BCUT2D eigenvalue weighted by Gasteiger charge is -2.17. The van der Waals surface area contributed by atoms with Gasteiger partial charge in [0.05, 0.1) is 5.92 Å². The molecule has 0 aliphatic carbocycles. The second-order valence-electron chi connectivity index (χ2n) is 5.83. The topological polar surface area (TPSA) is 55.1 Å². The number of nitrogens with one attached hydrogen (secondary N) is 1. The van der Waals surface area contributed by atoms with E-state index in [4.69, 9.17) is 5.73 Å². The van der Waals surface area contributed by atoms with Crippen molar-refractivity contribution >= 4 is 11.6 Å². The summed E-state index contributed by atoms with van der Waals surface area (Å²) in [7, 11) is 0. The van der Waals surface area contributed by atoms with Gasteiger partial charge in [-0.25, -0.2) is 0 Å². The van der Waals surface area contributed by atoms with Gasteiger partial charge in [-0.2, -0.15) is 0 Å². The fraction of sp³-hybridized carbons (Fsp3) is 0.562. The molecule has 0 saturated carbocycles. The molecule has 1 aromatic carbocycles. The number of hydrogen-bond donors (Lipinski definition) is 2. The van der Waals surface area contributed by atoms with Crippen LogP contribution in [0, 0.1) is 11.8 Å². The highest BCUT2D eigenvalue weighted by atomic mass is 16.1. The van der Waals surface area contributed by atoms with E-state index in [0.29, 0.717) is 18.4 Å². The van der Waals surface area contributed by atoms with E-state index in [1.807, 2.05) is 18.2 Å². The second-order valence-corrected chi connectivity index (χ2v) is 5.83. The molecule has 0 aromatic heterocycles. The van der Waals surface area contributed by atoms with Crippen molar-refractivity contribution in [3.05, 3.63) is 29.8 Å². The standard InChI is InChI=1S/C16H26N2O/c1-11(2)8-14(10-17)16(19)18-15-7-5-6-13(9-15)12(3)4/h5-7,9,11-12,14H,8,10,17H2,1-4H3,(H,18,19). The average Bonchev–Trinajstić information content (AvgIpc) is 2.35. The minimum atomic E-state index is -0.109. The maximum absolute atomic E-state index is 12.2. The lowest BCUT2D eigenvalue weighted by molar-refractivity contribution is -0.120. The van der Waals surface area contributed by atoms with Crippen molar-refractivity contribution in [2.45, 2.75) is 40.0 Å². The van der Waals surface area contributed by atoms with Crippen LogP contribution in [0.25, 0.3) is 0 Å². The molecule has 106 valence electrons. The van der Waals surface area contributed by atoms with Gasteiger partial charge >= 0.3 is 0 Å². The molecule has 0 radical (unpaired) electrons. The van der Waals surface area contributed by atoms with Crippen LogP contribution >= 0.6 is 0 Å². The summed E-state index contributed by atoms with van der Waals surface area (Å²) in [5.41, 5.74) is 7.78. The van der Waals surface area contributed by atoms with Crippen LogP contribution in [0.3, 0.4) is 0 Å². The molecule has 1 atom stereocenters. The molecule has 0 aliphatic heterocycles. The van der Waals surface area contributed by atoms with Crippen molar-refractivity contribution in [2.24, 2.45) is 17.6 Å². The first-order valence-electron chi connectivity index (χ1n) is 7.05. The quantitative estimate of drug-likeness (QED) is 0.826. The molecular formula is C16H26N2O. The molecular weight excluding hydrogens is 236 g/mol. The summed E-state index contributed by atoms with van der Waals surface area (Å²) in [5.74, 6) is 0.846. The van der Waals surface area contributed by atoms with Crippen LogP contribution in [0.15, 0.2) is 24.3 Å². The average molecular weight is 262 g/mol. The van der Waals surface area contributed by atoms with Crippen molar-refractivity contribution in [3.8, 4) is 0 Å². The molecule has 0 saturated heterocycles. The summed E-state index contributed by atoms with van der Waals surface area (Å²) < 4.78 is 0. The zero-order valence-corrected chi connectivity index (χ0v) is 12.4. The third-order valence-electron chi connectivity index (χ3n) is 3.23. The number of amides is 1. The zero-order valence-electron chi connectivity index (χ0n) is 12.4. The van der Waals surface area contributed by atoms with E-state index < -0.39 is 0 Å². The molecule has 1 rings (SSSR count). The highest BCUT2D eigenvalue weighted by Crippen LogP contribution is 2.20. The molecule has 19 heavy (non-hydrogen) atoms. The highest BCUT2D eigenvalue weighted by molar-refractivity contribution is 5.92. The van der Waals surface area contributed by atoms with Crippen molar-refractivity contribution in [1.82, 2.24) is 0 Å². The summed E-state index contributed by atoms with van der Waals surface area (Å²) in [6, 6.07) is 8.01. The molecule has 3 heteroatoms. The summed E-state index contributed by atoms with van der Waals surface area (Å²) in [5, 5.41) is 2.97. The second kappa shape index (κ2) is 7.29. The molecule has 0 heterocycles. The maximum Gasteiger partial charge on any atom is 0.228 e. The summed E-state index contributed by atoms with van der Waals surface area (Å²) >= 11 is 0. The van der Waals surface area contributed by atoms with Crippen LogP contribution in [0.1, 0.15) is 45.6 Å². The number of benzene rings is 1. The van der Waals surface area contributed by atoms with Gasteiger partial charge < -0.3 is 11.1 Å². The molecule has 1 amide bonds. The minimum absolute atomic E-state index is 0.0251. The van der Waals surface area contributed by atoms with Crippen molar-refractivity contribution in [2.75, 3.05) is 11.9 Å². The van der Waals surface area contributed by atoms with Crippen LogP contribution in [0.4, 0.5) is 5.69 Å². The first kappa shape index (κ1) is 15.7. The Balaban J connectivity index is 2.72. The first-order chi connectivity index (χ1) is 8.93. The number of carbonyl (C=O) groups is 1. The Hall–Kier alpha value is -1.35. The predicted molar refractivity (Wildman–Crippen MR) is 81.2 cm³/mol. The normalized spacial score (nSPS) is 12.8. The molecule has 1 aromatic rings. The van der Waals surface area contributed by atoms with Crippen LogP contribution in [-0.2, 0) is 4.79 Å². The van der Waals surface area contributed by atoms with Gasteiger partial charge in [-0.05, 0) is 36.0 Å². The number of rotatable bonds is 6. The molecule has 3 nitrogen and oxygen atoms in total. The molecule has 0 bridgehead atoms. The van der Waals surface area contributed by atoms with Gasteiger partial charge in [0.15, 0.2) is 0 Å². The Kier molecular flexibility index (Phi) is 6.03. The van der Waals surface area contributed by atoms with E-state index >= 15 is 0 Å². The monoisotopic (exact) mass is 262 g/mol. The third kappa shape index (κ3) is 5.03. The molecule has 3 N–H and O–H groups in total. The van der Waals surface area contributed by atoms with Crippen LogP contribution in [-0.4, -0.2) is 12.5 Å². The van der Waals surface area contributed by atoms with E-state index in [9.17, 15) is 4.79 Å². The van der Waals surface area contributed by atoms with E-state index in [-0.39, 0.29) is 11.8 Å². The highest BCUT2D eigenvalue weighted by Gasteiger charge is 2.18. The lowest BCUT2D eigenvalue weighted by atomic mass is 9.96. The summed E-state index contributed by atoms with van der Waals surface area (Å²) in [6.45, 7) is 8.89. The van der Waals surface area contributed by atoms with Crippen LogP contribution < -0.4 is 11.1 Å². The predicted octanol–water partition coefficient (Wildman–Crippen LogP) is 3.37. The van der Waals surface area contributed by atoms with E-state index in [1.54, 1.807) is 0 Å². The lowest BCUT2D eigenvalue weighted by Crippen LogP contribution is -2.30. The van der Waals surface area contributed by atoms with Gasteiger partial charge in [-0.3, -0.25) is 4.79 Å². The third-order valence-corrected chi connectivity index (χ3v) is 3.23. The van der Waals surface area contributed by atoms with Gasteiger partial charge in [-0.15, -0.1) is 0 Å². The minimum Gasteiger partial charge on any atom is -0.330 e. The smallest absolute Gasteiger partial charge is 0.228 e. The fourth-order valence-electron chi connectivity index (χ4n) is 2.10. The van der Waals surface area contributed by atoms with E-state index in [0.717, 1.165) is 12.1 Å². The van der Waals surface area contributed by atoms with Crippen molar-refractivity contribution < 1.29 is 4.79 Å². The Morgan fingerprint density at radius 2 is 1.95 bits per heavy atom. The number of hydrogen-bond acceptors (Lipinski definition) is 2. The van der Waals surface area contributed by atoms with E-state index in [2.05, 4.69) is 39.1 Å². The summed E-state index contributed by atoms with van der Waals surface area (Å²) in [4.78, 5) is 12.2.